The predicted octanol–water partition coefficient (Wildman–Crippen LogP) is 3.58. The van der Waals surface area contributed by atoms with Crippen LogP contribution in [-0.4, -0.2) is 9.97 Å². The van der Waals surface area contributed by atoms with Gasteiger partial charge in [0.2, 0.25) is 0 Å². The molecule has 96 valence electrons. The zero-order chi connectivity index (χ0) is 13.2. The second-order valence-electron chi connectivity index (χ2n) is 4.17. The summed E-state index contributed by atoms with van der Waals surface area (Å²) in [4.78, 5) is 8.60. The minimum atomic E-state index is -0.314. The highest BCUT2D eigenvalue weighted by Gasteiger charge is 2.05. The van der Waals surface area contributed by atoms with Crippen LogP contribution < -0.4 is 5.73 Å². The van der Waals surface area contributed by atoms with Crippen LogP contribution in [0, 0.1) is 5.82 Å². The molecule has 0 bridgehead atoms. The van der Waals surface area contributed by atoms with Crippen molar-refractivity contribution in [3.8, 4) is 0 Å². The number of imidazole rings is 1. The SMILES string of the molecule is Nc1cc(F)ccc1SCc1nc2ccccc2[nH]1. The molecule has 0 atom stereocenters. The van der Waals surface area contributed by atoms with Crippen molar-refractivity contribution < 1.29 is 4.39 Å². The van der Waals surface area contributed by atoms with E-state index < -0.39 is 0 Å². The number of anilines is 1. The molecular formula is C14H12FN3S. The van der Waals surface area contributed by atoms with Crippen LogP contribution in [0.1, 0.15) is 5.82 Å². The maximum atomic E-state index is 12.9. The normalized spacial score (nSPS) is 11.0. The van der Waals surface area contributed by atoms with Gasteiger partial charge in [0.05, 0.1) is 16.8 Å². The number of aromatic amines is 1. The lowest BCUT2D eigenvalue weighted by molar-refractivity contribution is 0.627. The first-order valence-electron chi connectivity index (χ1n) is 5.84. The topological polar surface area (TPSA) is 54.7 Å². The maximum absolute atomic E-state index is 12.9. The monoisotopic (exact) mass is 273 g/mol. The smallest absolute Gasteiger partial charge is 0.125 e. The number of rotatable bonds is 3. The summed E-state index contributed by atoms with van der Waals surface area (Å²) in [5.74, 6) is 1.24. The third-order valence-corrected chi connectivity index (χ3v) is 3.88. The van der Waals surface area contributed by atoms with Gasteiger partial charge in [0, 0.05) is 10.6 Å². The first-order valence-corrected chi connectivity index (χ1v) is 6.82. The summed E-state index contributed by atoms with van der Waals surface area (Å²) in [6.45, 7) is 0. The Hall–Kier alpha value is -2.01. The summed E-state index contributed by atoms with van der Waals surface area (Å²) >= 11 is 1.54. The highest BCUT2D eigenvalue weighted by atomic mass is 32.2. The molecule has 0 aliphatic rings. The number of nitrogens with one attached hydrogen (secondary N) is 1. The van der Waals surface area contributed by atoms with E-state index in [4.69, 9.17) is 5.73 Å². The van der Waals surface area contributed by atoms with Gasteiger partial charge in [-0.2, -0.15) is 0 Å². The third-order valence-electron chi connectivity index (χ3n) is 2.77. The van der Waals surface area contributed by atoms with Gasteiger partial charge in [0.15, 0.2) is 0 Å². The summed E-state index contributed by atoms with van der Waals surface area (Å²) < 4.78 is 12.9. The molecule has 1 aromatic heterocycles. The molecule has 0 aliphatic heterocycles. The minimum Gasteiger partial charge on any atom is -0.398 e. The molecule has 0 aliphatic carbocycles. The number of nitrogens with two attached hydrogens (primary N) is 1. The molecular weight excluding hydrogens is 261 g/mol. The number of thioether (sulfide) groups is 1. The molecule has 5 heteroatoms. The van der Waals surface area contributed by atoms with Gasteiger partial charge < -0.3 is 10.7 Å². The average molecular weight is 273 g/mol. The Bertz CT molecular complexity index is 691. The fourth-order valence-corrected chi connectivity index (χ4v) is 2.69. The average Bonchev–Trinajstić information content (AvgIpc) is 2.80. The van der Waals surface area contributed by atoms with E-state index in [-0.39, 0.29) is 5.82 Å². The van der Waals surface area contributed by atoms with Gasteiger partial charge in [-0.1, -0.05) is 12.1 Å². The number of fused-ring (bicyclic) bond motifs is 1. The van der Waals surface area contributed by atoms with Crippen LogP contribution in [0.4, 0.5) is 10.1 Å². The summed E-state index contributed by atoms with van der Waals surface area (Å²) in [6, 6.07) is 12.3. The molecule has 19 heavy (non-hydrogen) atoms. The van der Waals surface area contributed by atoms with E-state index in [9.17, 15) is 4.39 Å². The van der Waals surface area contributed by atoms with E-state index >= 15 is 0 Å². The molecule has 3 nitrogen and oxygen atoms in total. The van der Waals surface area contributed by atoms with Gasteiger partial charge in [-0.3, -0.25) is 0 Å². The quantitative estimate of drug-likeness (QED) is 0.566. The van der Waals surface area contributed by atoms with Crippen molar-refractivity contribution in [3.05, 3.63) is 54.1 Å². The van der Waals surface area contributed by atoms with Gasteiger partial charge in [-0.25, -0.2) is 9.37 Å². The van der Waals surface area contributed by atoms with Gasteiger partial charge in [0.25, 0.3) is 0 Å². The number of nitrogen functional groups attached to an aromatic ring is 1. The molecule has 3 aromatic rings. The molecule has 0 unspecified atom stereocenters. The molecule has 3 N–H and O–H groups in total. The second-order valence-corrected chi connectivity index (χ2v) is 5.19. The molecule has 2 aromatic carbocycles. The molecule has 0 saturated carbocycles. The van der Waals surface area contributed by atoms with Crippen molar-refractivity contribution in [2.75, 3.05) is 5.73 Å². The first-order chi connectivity index (χ1) is 9.22. The summed E-state index contributed by atoms with van der Waals surface area (Å²) in [6.07, 6.45) is 0. The van der Waals surface area contributed by atoms with Crippen LogP contribution in [0.2, 0.25) is 0 Å². The van der Waals surface area contributed by atoms with Gasteiger partial charge in [-0.05, 0) is 30.3 Å². The first kappa shape index (κ1) is 12.0. The molecule has 0 amide bonds. The molecule has 0 saturated heterocycles. The van der Waals surface area contributed by atoms with Crippen LogP contribution >= 0.6 is 11.8 Å². The van der Waals surface area contributed by atoms with Crippen molar-refractivity contribution in [1.29, 1.82) is 0 Å². The van der Waals surface area contributed by atoms with Crippen molar-refractivity contribution in [3.63, 3.8) is 0 Å². The maximum Gasteiger partial charge on any atom is 0.125 e. The Morgan fingerprint density at radius 1 is 1.21 bits per heavy atom. The number of para-hydroxylation sites is 2. The standard InChI is InChI=1S/C14H12FN3S/c15-9-5-6-13(10(16)7-9)19-8-14-17-11-3-1-2-4-12(11)18-14/h1-7H,8,16H2,(H,17,18). The van der Waals surface area contributed by atoms with Gasteiger partial charge in [0.1, 0.15) is 11.6 Å². The lowest BCUT2D eigenvalue weighted by Gasteiger charge is -2.03. The van der Waals surface area contributed by atoms with Crippen LogP contribution in [0.15, 0.2) is 47.4 Å². The van der Waals surface area contributed by atoms with E-state index in [0.717, 1.165) is 21.8 Å². The Labute approximate surface area is 114 Å². The highest BCUT2D eigenvalue weighted by molar-refractivity contribution is 7.98. The van der Waals surface area contributed by atoms with Crippen molar-refractivity contribution in [2.24, 2.45) is 0 Å². The molecule has 3 rings (SSSR count). The number of hydrogen-bond acceptors (Lipinski definition) is 3. The van der Waals surface area contributed by atoms with Crippen LogP contribution in [0.3, 0.4) is 0 Å². The largest absolute Gasteiger partial charge is 0.398 e. The highest BCUT2D eigenvalue weighted by Crippen LogP contribution is 2.28. The van der Waals surface area contributed by atoms with E-state index in [2.05, 4.69) is 9.97 Å². The fourth-order valence-electron chi connectivity index (χ4n) is 1.87. The summed E-state index contributed by atoms with van der Waals surface area (Å²) in [5.41, 5.74) is 8.20. The Morgan fingerprint density at radius 3 is 2.84 bits per heavy atom. The van der Waals surface area contributed by atoms with Crippen molar-refractivity contribution in [2.45, 2.75) is 10.6 Å². The Morgan fingerprint density at radius 2 is 2.05 bits per heavy atom. The van der Waals surface area contributed by atoms with E-state index in [1.165, 1.54) is 23.9 Å². The van der Waals surface area contributed by atoms with Crippen LogP contribution in [0.5, 0.6) is 0 Å². The number of nitrogens with zero attached hydrogens (tertiary/aromatic N) is 1. The predicted molar refractivity (Wildman–Crippen MR) is 76.5 cm³/mol. The van der Waals surface area contributed by atoms with Crippen molar-refractivity contribution in [1.82, 2.24) is 9.97 Å². The van der Waals surface area contributed by atoms with E-state index in [0.29, 0.717) is 11.4 Å². The minimum absolute atomic E-state index is 0.314. The molecule has 1 heterocycles. The Balaban J connectivity index is 1.78. The molecule has 0 fully saturated rings. The summed E-state index contributed by atoms with van der Waals surface area (Å²) in [5, 5.41) is 0. The fraction of sp³-hybridized carbons (Fsp3) is 0.0714. The number of benzene rings is 2. The molecule has 0 radical (unpaired) electrons. The van der Waals surface area contributed by atoms with Gasteiger partial charge >= 0.3 is 0 Å². The number of halogens is 1. The van der Waals surface area contributed by atoms with Crippen LogP contribution in [-0.2, 0) is 5.75 Å². The lowest BCUT2D eigenvalue weighted by Crippen LogP contribution is -1.91. The zero-order valence-corrected chi connectivity index (χ0v) is 10.9. The van der Waals surface area contributed by atoms with Crippen molar-refractivity contribution >= 4 is 28.5 Å². The number of aromatic nitrogens is 2. The van der Waals surface area contributed by atoms with E-state index in [1.54, 1.807) is 6.07 Å². The summed E-state index contributed by atoms with van der Waals surface area (Å²) in [7, 11) is 0. The lowest BCUT2D eigenvalue weighted by atomic mass is 10.3. The van der Waals surface area contributed by atoms with Gasteiger partial charge in [-0.15, -0.1) is 11.8 Å². The van der Waals surface area contributed by atoms with Crippen LogP contribution in [0.25, 0.3) is 11.0 Å². The number of H-pyrrole nitrogens is 1. The zero-order valence-electron chi connectivity index (χ0n) is 10.1. The third kappa shape index (κ3) is 2.56. The van der Waals surface area contributed by atoms with E-state index in [1.807, 2.05) is 24.3 Å². The number of hydrogen-bond donors (Lipinski definition) is 2. The Kier molecular flexibility index (Phi) is 3.13. The second kappa shape index (κ2) is 4.93. The molecule has 0 spiro atoms.